The summed E-state index contributed by atoms with van der Waals surface area (Å²) in [4.78, 5) is 12.0. The molecule has 0 bridgehead atoms. The molecule has 1 atom stereocenters. The fraction of sp³-hybridized carbons (Fsp3) is 0.125. The van der Waals surface area contributed by atoms with Crippen LogP contribution >= 0.6 is 11.3 Å². The molecule has 0 radical (unpaired) electrons. The number of nitrogens with zero attached hydrogens (tertiary/aromatic N) is 1. The third-order valence-electron chi connectivity index (χ3n) is 3.26. The molecule has 0 fully saturated rings. The number of amides is 1. The molecule has 2 heterocycles. The molecule has 0 saturated heterocycles. The van der Waals surface area contributed by atoms with Gasteiger partial charge in [-0.1, -0.05) is 5.16 Å². The summed E-state index contributed by atoms with van der Waals surface area (Å²) < 4.78 is 18.0. The molecule has 1 amide bonds. The van der Waals surface area contributed by atoms with Gasteiger partial charge in [-0.05, 0) is 46.7 Å². The monoisotopic (exact) mass is 332 g/mol. The van der Waals surface area contributed by atoms with Crippen molar-refractivity contribution >= 4 is 17.2 Å². The zero-order valence-corrected chi connectivity index (χ0v) is 12.7. The molecule has 0 aliphatic carbocycles. The molecule has 3 rings (SSSR count). The summed E-state index contributed by atoms with van der Waals surface area (Å²) in [5.74, 6) is -0.432. The number of aliphatic hydroxyl groups excluding tert-OH is 1. The van der Waals surface area contributed by atoms with Gasteiger partial charge in [0.25, 0.3) is 5.91 Å². The molecular weight excluding hydrogens is 319 g/mol. The lowest BCUT2D eigenvalue weighted by atomic mass is 10.1. The van der Waals surface area contributed by atoms with E-state index in [1.807, 2.05) is 10.8 Å². The van der Waals surface area contributed by atoms with Crippen LogP contribution in [-0.2, 0) is 0 Å². The number of hydrogen-bond donors (Lipinski definition) is 2. The number of hydrogen-bond acceptors (Lipinski definition) is 5. The predicted molar refractivity (Wildman–Crippen MR) is 83.5 cm³/mol. The Morgan fingerprint density at radius 3 is 2.83 bits per heavy atom. The number of carbonyl (C=O) groups is 1. The second-order valence-electron chi connectivity index (χ2n) is 4.87. The highest BCUT2D eigenvalue weighted by atomic mass is 32.1. The number of aromatic nitrogens is 1. The summed E-state index contributed by atoms with van der Waals surface area (Å²) in [6.07, 6.45) is -0.770. The van der Waals surface area contributed by atoms with Crippen LogP contribution in [-0.4, -0.2) is 22.7 Å². The molecule has 118 valence electrons. The van der Waals surface area contributed by atoms with Crippen molar-refractivity contribution in [2.75, 3.05) is 6.54 Å². The molecule has 0 saturated carbocycles. The Morgan fingerprint density at radius 2 is 2.13 bits per heavy atom. The van der Waals surface area contributed by atoms with E-state index in [4.69, 9.17) is 4.52 Å². The minimum atomic E-state index is -0.770. The highest BCUT2D eigenvalue weighted by molar-refractivity contribution is 7.07. The van der Waals surface area contributed by atoms with Crippen molar-refractivity contribution in [1.29, 1.82) is 0 Å². The fourth-order valence-corrected chi connectivity index (χ4v) is 2.70. The summed E-state index contributed by atoms with van der Waals surface area (Å²) in [6.45, 7) is 0.0777. The van der Waals surface area contributed by atoms with Crippen molar-refractivity contribution in [3.8, 4) is 11.3 Å². The van der Waals surface area contributed by atoms with Gasteiger partial charge in [-0.3, -0.25) is 4.79 Å². The average Bonchev–Trinajstić information content (AvgIpc) is 3.24. The number of aliphatic hydroxyl groups is 1. The van der Waals surface area contributed by atoms with Crippen molar-refractivity contribution in [3.05, 3.63) is 64.2 Å². The topological polar surface area (TPSA) is 75.4 Å². The molecule has 1 unspecified atom stereocenters. The van der Waals surface area contributed by atoms with Crippen molar-refractivity contribution in [3.63, 3.8) is 0 Å². The molecule has 7 heteroatoms. The third-order valence-corrected chi connectivity index (χ3v) is 3.96. The SMILES string of the molecule is O=C(NCC(O)c1ccsc1)c1cc(-c2ccc(F)cc2)on1. The lowest BCUT2D eigenvalue weighted by molar-refractivity contribution is 0.0907. The Labute approximate surface area is 135 Å². The first-order chi connectivity index (χ1) is 11.1. The summed E-state index contributed by atoms with van der Waals surface area (Å²) >= 11 is 1.47. The van der Waals surface area contributed by atoms with Crippen molar-refractivity contribution < 1.29 is 18.8 Å². The van der Waals surface area contributed by atoms with E-state index < -0.39 is 12.0 Å². The summed E-state index contributed by atoms with van der Waals surface area (Å²) in [5, 5.41) is 19.9. The van der Waals surface area contributed by atoms with Crippen molar-refractivity contribution in [1.82, 2.24) is 10.5 Å². The maximum atomic E-state index is 12.9. The van der Waals surface area contributed by atoms with Crippen LogP contribution in [0.25, 0.3) is 11.3 Å². The molecule has 0 spiro atoms. The van der Waals surface area contributed by atoms with Gasteiger partial charge in [-0.2, -0.15) is 11.3 Å². The van der Waals surface area contributed by atoms with Gasteiger partial charge in [0.2, 0.25) is 0 Å². The van der Waals surface area contributed by atoms with Gasteiger partial charge in [0, 0.05) is 18.2 Å². The van der Waals surface area contributed by atoms with E-state index in [1.54, 1.807) is 6.07 Å². The van der Waals surface area contributed by atoms with E-state index in [0.29, 0.717) is 11.3 Å². The van der Waals surface area contributed by atoms with E-state index in [9.17, 15) is 14.3 Å². The van der Waals surface area contributed by atoms with Crippen molar-refractivity contribution in [2.45, 2.75) is 6.10 Å². The number of nitrogens with one attached hydrogen (secondary N) is 1. The molecule has 2 N–H and O–H groups in total. The van der Waals surface area contributed by atoms with Gasteiger partial charge in [-0.15, -0.1) is 0 Å². The van der Waals surface area contributed by atoms with Gasteiger partial charge >= 0.3 is 0 Å². The Morgan fingerprint density at radius 1 is 1.35 bits per heavy atom. The molecular formula is C16H13FN2O3S. The lowest BCUT2D eigenvalue weighted by Crippen LogP contribution is -2.28. The van der Waals surface area contributed by atoms with E-state index in [1.165, 1.54) is 41.7 Å². The van der Waals surface area contributed by atoms with Crippen LogP contribution in [0.15, 0.2) is 51.7 Å². The standard InChI is InChI=1S/C16H13FN2O3S/c17-12-3-1-10(2-4-12)15-7-13(19-22-15)16(21)18-8-14(20)11-5-6-23-9-11/h1-7,9,14,20H,8H2,(H,18,21). The van der Waals surface area contributed by atoms with Crippen LogP contribution in [0.5, 0.6) is 0 Å². The molecule has 1 aromatic carbocycles. The number of carbonyl (C=O) groups excluding carboxylic acids is 1. The summed E-state index contributed by atoms with van der Waals surface area (Å²) in [7, 11) is 0. The molecule has 0 aliphatic rings. The van der Waals surface area contributed by atoms with Crippen LogP contribution in [0.4, 0.5) is 4.39 Å². The van der Waals surface area contributed by atoms with E-state index in [0.717, 1.165) is 5.56 Å². The zero-order valence-electron chi connectivity index (χ0n) is 11.9. The fourth-order valence-electron chi connectivity index (χ4n) is 1.99. The van der Waals surface area contributed by atoms with Gasteiger partial charge in [0.15, 0.2) is 11.5 Å². The number of halogens is 1. The molecule has 0 aliphatic heterocycles. The summed E-state index contributed by atoms with van der Waals surface area (Å²) in [6, 6.07) is 8.95. The summed E-state index contributed by atoms with van der Waals surface area (Å²) in [5.41, 5.74) is 1.47. The smallest absolute Gasteiger partial charge is 0.273 e. The van der Waals surface area contributed by atoms with Gasteiger partial charge in [0.05, 0.1) is 6.10 Å². The Kier molecular flexibility index (Phi) is 4.50. The maximum absolute atomic E-state index is 12.9. The van der Waals surface area contributed by atoms with Crippen LogP contribution in [0.2, 0.25) is 0 Å². The van der Waals surface area contributed by atoms with Gasteiger partial charge in [0.1, 0.15) is 5.82 Å². The molecule has 3 aromatic rings. The molecule has 23 heavy (non-hydrogen) atoms. The normalized spacial score (nSPS) is 12.1. The highest BCUT2D eigenvalue weighted by Gasteiger charge is 2.15. The first-order valence-corrected chi connectivity index (χ1v) is 7.79. The largest absolute Gasteiger partial charge is 0.387 e. The van der Waals surface area contributed by atoms with Gasteiger partial charge in [-0.25, -0.2) is 4.39 Å². The second-order valence-corrected chi connectivity index (χ2v) is 5.65. The minimum Gasteiger partial charge on any atom is -0.387 e. The quantitative estimate of drug-likeness (QED) is 0.753. The van der Waals surface area contributed by atoms with E-state index in [-0.39, 0.29) is 18.1 Å². The van der Waals surface area contributed by atoms with Crippen LogP contribution in [0, 0.1) is 5.82 Å². The van der Waals surface area contributed by atoms with Crippen LogP contribution in [0.3, 0.4) is 0 Å². The second kappa shape index (κ2) is 6.72. The highest BCUT2D eigenvalue weighted by Crippen LogP contribution is 2.21. The Hall–Kier alpha value is -2.51. The third kappa shape index (κ3) is 3.64. The Balaban J connectivity index is 1.63. The van der Waals surface area contributed by atoms with Crippen LogP contribution < -0.4 is 5.32 Å². The lowest BCUT2D eigenvalue weighted by Gasteiger charge is -2.09. The number of rotatable bonds is 5. The van der Waals surface area contributed by atoms with Gasteiger partial charge < -0.3 is 14.9 Å². The number of thiophene rings is 1. The first-order valence-electron chi connectivity index (χ1n) is 6.84. The van der Waals surface area contributed by atoms with Crippen LogP contribution in [0.1, 0.15) is 22.2 Å². The van der Waals surface area contributed by atoms with E-state index in [2.05, 4.69) is 10.5 Å². The Bertz CT molecular complexity index is 784. The first kappa shape index (κ1) is 15.4. The maximum Gasteiger partial charge on any atom is 0.273 e. The minimum absolute atomic E-state index is 0.0777. The predicted octanol–water partition coefficient (Wildman–Crippen LogP) is 3.01. The number of benzene rings is 1. The van der Waals surface area contributed by atoms with Crippen molar-refractivity contribution in [2.24, 2.45) is 0 Å². The molecule has 5 nitrogen and oxygen atoms in total. The molecule has 2 aromatic heterocycles. The zero-order chi connectivity index (χ0) is 16.2. The van der Waals surface area contributed by atoms with E-state index >= 15 is 0 Å². The average molecular weight is 332 g/mol.